The summed E-state index contributed by atoms with van der Waals surface area (Å²) >= 11 is -1.45. The fourth-order valence-corrected chi connectivity index (χ4v) is 2.51. The first-order valence-electron chi connectivity index (χ1n) is 6.80. The van der Waals surface area contributed by atoms with Crippen molar-refractivity contribution in [3.05, 3.63) is 82.8 Å². The molecule has 0 amide bonds. The van der Waals surface area contributed by atoms with Crippen molar-refractivity contribution in [1.82, 2.24) is 0 Å². The fraction of sp³-hybridized carbons (Fsp3) is 0.0556. The van der Waals surface area contributed by atoms with Crippen LogP contribution in [0.3, 0.4) is 0 Å². The lowest BCUT2D eigenvalue weighted by molar-refractivity contribution is -0.112. The van der Waals surface area contributed by atoms with Crippen LogP contribution in [0.15, 0.2) is 60.0 Å². The Bertz CT molecular complexity index is 707. The molecule has 23 heavy (non-hydrogen) atoms. The highest BCUT2D eigenvalue weighted by atomic mass is 32.2. The molecule has 0 fully saturated rings. The van der Waals surface area contributed by atoms with E-state index in [2.05, 4.69) is 0 Å². The van der Waals surface area contributed by atoms with Crippen LogP contribution in [0.4, 0.5) is 8.78 Å². The van der Waals surface area contributed by atoms with Crippen molar-refractivity contribution in [2.75, 3.05) is 5.75 Å². The molecule has 1 atom stereocenters. The van der Waals surface area contributed by atoms with Crippen LogP contribution in [-0.2, 0) is 16.0 Å². The van der Waals surface area contributed by atoms with Gasteiger partial charge in [0.2, 0.25) is 5.78 Å². The topological polar surface area (TPSA) is 40.1 Å². The Kier molecular flexibility index (Phi) is 6.26. The minimum Gasteiger partial charge on any atom is -0.612 e. The highest BCUT2D eigenvalue weighted by Gasteiger charge is 2.07. The summed E-state index contributed by atoms with van der Waals surface area (Å²) in [7, 11) is 0. The Labute approximate surface area is 136 Å². The van der Waals surface area contributed by atoms with Crippen LogP contribution in [0.1, 0.15) is 11.1 Å². The third-order valence-corrected chi connectivity index (χ3v) is 3.91. The van der Waals surface area contributed by atoms with Gasteiger partial charge in [0.1, 0.15) is 17.0 Å². The number of allylic oxidation sites excluding steroid dienone is 1. The van der Waals surface area contributed by atoms with E-state index in [9.17, 15) is 18.1 Å². The zero-order valence-corrected chi connectivity index (χ0v) is 12.9. The average Bonchev–Trinajstić information content (AvgIpc) is 2.54. The number of hydrogen-bond acceptors (Lipinski definition) is 2. The van der Waals surface area contributed by atoms with Gasteiger partial charge in [-0.3, -0.25) is 4.79 Å². The lowest BCUT2D eigenvalue weighted by Gasteiger charge is -2.02. The van der Waals surface area contributed by atoms with Crippen molar-refractivity contribution in [2.24, 2.45) is 0 Å². The van der Waals surface area contributed by atoms with E-state index in [1.54, 1.807) is 36.4 Å². The van der Waals surface area contributed by atoms with E-state index in [-0.39, 0.29) is 23.2 Å². The minimum atomic E-state index is -1.45. The molecule has 0 heterocycles. The number of carbonyl (C=O) groups is 1. The molecule has 5 heteroatoms. The first-order valence-corrected chi connectivity index (χ1v) is 8.18. The maximum absolute atomic E-state index is 12.7. The predicted octanol–water partition coefficient (Wildman–Crippen LogP) is 3.97. The van der Waals surface area contributed by atoms with E-state index in [0.29, 0.717) is 11.1 Å². The summed E-state index contributed by atoms with van der Waals surface area (Å²) in [6, 6.07) is 11.4. The molecule has 118 valence electrons. The summed E-state index contributed by atoms with van der Waals surface area (Å²) < 4.78 is 37.3. The maximum atomic E-state index is 12.7. The number of benzene rings is 2. The van der Waals surface area contributed by atoms with Crippen molar-refractivity contribution in [3.63, 3.8) is 0 Å². The zero-order chi connectivity index (χ0) is 16.7. The molecule has 2 aromatic carbocycles. The third kappa shape index (κ3) is 6.18. The molecule has 0 aromatic heterocycles. The molecule has 0 aliphatic carbocycles. The van der Waals surface area contributed by atoms with Gasteiger partial charge in [0.05, 0.1) is 0 Å². The molecule has 0 bridgehead atoms. The number of hydrogen-bond donors (Lipinski definition) is 0. The first kappa shape index (κ1) is 17.1. The molecule has 2 aromatic rings. The third-order valence-electron chi connectivity index (χ3n) is 2.90. The smallest absolute Gasteiger partial charge is 0.205 e. The summed E-state index contributed by atoms with van der Waals surface area (Å²) in [5, 5.41) is 1.40. The lowest BCUT2D eigenvalue weighted by Crippen LogP contribution is -2.11. The van der Waals surface area contributed by atoms with Gasteiger partial charge in [0.15, 0.2) is 5.75 Å². The molecular formula is C18H14F2O2S. The van der Waals surface area contributed by atoms with Crippen molar-refractivity contribution < 1.29 is 18.1 Å². The Morgan fingerprint density at radius 3 is 1.91 bits per heavy atom. The second-order valence-electron chi connectivity index (χ2n) is 4.73. The van der Waals surface area contributed by atoms with E-state index < -0.39 is 11.2 Å². The van der Waals surface area contributed by atoms with Gasteiger partial charge < -0.3 is 4.55 Å². The molecule has 1 unspecified atom stereocenters. The van der Waals surface area contributed by atoms with Gasteiger partial charge in [0.25, 0.3) is 0 Å². The summed E-state index contributed by atoms with van der Waals surface area (Å²) in [5.41, 5.74) is 1.39. The van der Waals surface area contributed by atoms with Crippen LogP contribution in [0, 0.1) is 11.6 Å². The van der Waals surface area contributed by atoms with Crippen LogP contribution < -0.4 is 0 Å². The van der Waals surface area contributed by atoms with E-state index in [1.165, 1.54) is 35.7 Å². The van der Waals surface area contributed by atoms with Crippen molar-refractivity contribution in [3.8, 4) is 0 Å². The molecule has 0 saturated carbocycles. The van der Waals surface area contributed by atoms with Gasteiger partial charge in [-0.15, -0.1) is 0 Å². The maximum Gasteiger partial charge on any atom is 0.205 e. The Hall–Kier alpha value is -2.24. The second kappa shape index (κ2) is 8.41. The van der Waals surface area contributed by atoms with Gasteiger partial charge in [-0.2, -0.15) is 0 Å². The van der Waals surface area contributed by atoms with Crippen molar-refractivity contribution >= 4 is 29.1 Å². The van der Waals surface area contributed by atoms with Crippen LogP contribution in [0.2, 0.25) is 0 Å². The molecule has 0 spiro atoms. The molecule has 0 saturated heterocycles. The van der Waals surface area contributed by atoms with E-state index in [0.717, 1.165) is 0 Å². The molecule has 0 radical (unpaired) electrons. The van der Waals surface area contributed by atoms with E-state index >= 15 is 0 Å². The standard InChI is InChI=1S/C18H14F2O2S/c19-16-6-1-14(2-7-16)5-10-18(21)13-23(22)12-11-15-3-8-17(20)9-4-15/h1-12H,13H2. The number of ketones is 1. The van der Waals surface area contributed by atoms with Crippen molar-refractivity contribution in [2.45, 2.75) is 0 Å². The van der Waals surface area contributed by atoms with E-state index in [1.807, 2.05) is 0 Å². The summed E-state index contributed by atoms with van der Waals surface area (Å²) in [5.74, 6) is -1.13. The van der Waals surface area contributed by atoms with Crippen LogP contribution >= 0.6 is 0 Å². The Morgan fingerprint density at radius 1 is 0.913 bits per heavy atom. The normalized spacial score (nSPS) is 12.8. The fourth-order valence-electron chi connectivity index (χ4n) is 1.73. The monoisotopic (exact) mass is 332 g/mol. The summed E-state index contributed by atoms with van der Waals surface area (Å²) in [4.78, 5) is 11.7. The van der Waals surface area contributed by atoms with Gasteiger partial charge in [-0.25, -0.2) is 8.78 Å². The second-order valence-corrected chi connectivity index (χ2v) is 6.05. The lowest BCUT2D eigenvalue weighted by atomic mass is 10.2. The first-order chi connectivity index (χ1) is 11.0. The van der Waals surface area contributed by atoms with Gasteiger partial charge >= 0.3 is 0 Å². The number of carbonyl (C=O) groups excluding carboxylic acids is 1. The SMILES string of the molecule is O=C(C=Cc1ccc(F)cc1)C[S+]([O-])C=Cc1ccc(F)cc1. The van der Waals surface area contributed by atoms with Crippen molar-refractivity contribution in [1.29, 1.82) is 0 Å². The summed E-state index contributed by atoms with van der Waals surface area (Å²) in [6.45, 7) is 0. The van der Waals surface area contributed by atoms with Gasteiger partial charge in [0, 0.05) is 0 Å². The zero-order valence-electron chi connectivity index (χ0n) is 12.1. The molecule has 2 nitrogen and oxygen atoms in total. The molecule has 0 aliphatic heterocycles. The predicted molar refractivity (Wildman–Crippen MR) is 88.9 cm³/mol. The highest BCUT2D eigenvalue weighted by molar-refractivity contribution is 7.95. The summed E-state index contributed by atoms with van der Waals surface area (Å²) in [6.07, 6.45) is 4.44. The largest absolute Gasteiger partial charge is 0.612 e. The quantitative estimate of drug-likeness (QED) is 0.593. The van der Waals surface area contributed by atoms with Crippen LogP contribution in [0.5, 0.6) is 0 Å². The van der Waals surface area contributed by atoms with E-state index in [4.69, 9.17) is 0 Å². The Morgan fingerprint density at radius 2 is 1.39 bits per heavy atom. The van der Waals surface area contributed by atoms with Gasteiger partial charge in [-0.1, -0.05) is 30.3 Å². The molecule has 0 N–H and O–H groups in total. The average molecular weight is 332 g/mol. The number of halogens is 2. The van der Waals surface area contributed by atoms with Gasteiger partial charge in [-0.05, 0) is 58.7 Å². The number of rotatable bonds is 6. The van der Waals surface area contributed by atoms with Crippen LogP contribution in [0.25, 0.3) is 12.2 Å². The van der Waals surface area contributed by atoms with Crippen LogP contribution in [-0.4, -0.2) is 16.1 Å². The Balaban J connectivity index is 1.86. The molecule has 2 rings (SSSR count). The molecule has 0 aliphatic rings. The molecular weight excluding hydrogens is 318 g/mol. The minimum absolute atomic E-state index is 0.143. The highest BCUT2D eigenvalue weighted by Crippen LogP contribution is 2.08.